The lowest BCUT2D eigenvalue weighted by Gasteiger charge is -2.35. The van der Waals surface area contributed by atoms with Gasteiger partial charge in [0, 0.05) is 24.4 Å². The predicted molar refractivity (Wildman–Crippen MR) is 99.7 cm³/mol. The molecule has 1 saturated heterocycles. The normalized spacial score (nSPS) is 15.8. The van der Waals surface area contributed by atoms with Crippen molar-refractivity contribution in [3.05, 3.63) is 23.8 Å². The summed E-state index contributed by atoms with van der Waals surface area (Å²) in [5, 5.41) is 3.00. The first-order valence-corrected chi connectivity index (χ1v) is 9.06. The largest absolute Gasteiger partial charge is 0.492 e. The van der Waals surface area contributed by atoms with Crippen molar-refractivity contribution in [1.29, 1.82) is 0 Å². The van der Waals surface area contributed by atoms with Crippen LogP contribution < -0.4 is 10.1 Å². The van der Waals surface area contributed by atoms with Crippen molar-refractivity contribution in [2.45, 2.75) is 47.5 Å². The second-order valence-electron chi connectivity index (χ2n) is 7.74. The maximum absolute atomic E-state index is 12.6. The molecule has 5 nitrogen and oxygen atoms in total. The molecule has 1 heterocycles. The van der Waals surface area contributed by atoms with Gasteiger partial charge in [-0.3, -0.25) is 9.59 Å². The van der Waals surface area contributed by atoms with Gasteiger partial charge in [0.25, 0.3) is 0 Å². The van der Waals surface area contributed by atoms with Crippen molar-refractivity contribution in [3.8, 4) is 5.75 Å². The molecule has 0 atom stereocenters. The van der Waals surface area contributed by atoms with Gasteiger partial charge in [0.1, 0.15) is 5.75 Å². The molecule has 2 rings (SSSR count). The molecule has 0 spiro atoms. The topological polar surface area (TPSA) is 58.6 Å². The number of hydrogen-bond donors (Lipinski definition) is 1. The van der Waals surface area contributed by atoms with Crippen molar-refractivity contribution < 1.29 is 14.3 Å². The van der Waals surface area contributed by atoms with Gasteiger partial charge in [-0.2, -0.15) is 0 Å². The molecule has 1 aromatic rings. The van der Waals surface area contributed by atoms with E-state index in [1.54, 1.807) is 0 Å². The summed E-state index contributed by atoms with van der Waals surface area (Å²) in [6.07, 6.45) is 1.40. The van der Waals surface area contributed by atoms with Crippen LogP contribution in [0.25, 0.3) is 0 Å². The molecule has 1 aliphatic rings. The molecule has 0 radical (unpaired) electrons. The lowest BCUT2D eigenvalue weighted by molar-refractivity contribution is -0.142. The average Bonchev–Trinajstić information content (AvgIpc) is 2.56. The van der Waals surface area contributed by atoms with Crippen LogP contribution in [-0.4, -0.2) is 36.4 Å². The van der Waals surface area contributed by atoms with E-state index in [0.717, 1.165) is 5.56 Å². The van der Waals surface area contributed by atoms with E-state index < -0.39 is 0 Å². The number of hydrogen-bond acceptors (Lipinski definition) is 3. The van der Waals surface area contributed by atoms with Crippen molar-refractivity contribution >= 4 is 17.5 Å². The smallest absolute Gasteiger partial charge is 0.227 e. The Morgan fingerprint density at radius 2 is 1.88 bits per heavy atom. The molecule has 1 aliphatic heterocycles. The van der Waals surface area contributed by atoms with Gasteiger partial charge in [0.2, 0.25) is 11.8 Å². The molecule has 1 aromatic carbocycles. The number of piperidine rings is 1. The third kappa shape index (κ3) is 4.97. The Kier molecular flexibility index (Phi) is 6.09. The van der Waals surface area contributed by atoms with Crippen LogP contribution in [0.5, 0.6) is 5.75 Å². The summed E-state index contributed by atoms with van der Waals surface area (Å²) >= 11 is 0. The minimum atomic E-state index is -0.372. The number of amides is 2. The lowest BCUT2D eigenvalue weighted by Crippen LogP contribution is -2.45. The highest BCUT2D eigenvalue weighted by molar-refractivity contribution is 5.94. The van der Waals surface area contributed by atoms with Crippen molar-refractivity contribution in [1.82, 2.24) is 4.90 Å². The van der Waals surface area contributed by atoms with Crippen LogP contribution in [-0.2, 0) is 9.59 Å². The molecule has 25 heavy (non-hydrogen) atoms. The molecule has 0 aromatic heterocycles. The molecule has 5 heteroatoms. The second-order valence-corrected chi connectivity index (χ2v) is 7.74. The molecule has 1 fully saturated rings. The van der Waals surface area contributed by atoms with Crippen molar-refractivity contribution in [2.24, 2.45) is 11.3 Å². The van der Waals surface area contributed by atoms with E-state index in [9.17, 15) is 9.59 Å². The van der Waals surface area contributed by atoms with E-state index in [-0.39, 0.29) is 23.1 Å². The van der Waals surface area contributed by atoms with Gasteiger partial charge in [-0.05, 0) is 44.4 Å². The van der Waals surface area contributed by atoms with E-state index in [4.69, 9.17) is 4.74 Å². The number of nitrogens with zero attached hydrogens (tertiary/aromatic N) is 1. The zero-order chi connectivity index (χ0) is 18.6. The first-order valence-electron chi connectivity index (χ1n) is 9.06. The van der Waals surface area contributed by atoms with Crippen LogP contribution in [0.1, 0.15) is 46.1 Å². The number of nitrogens with one attached hydrogen (secondary N) is 1. The van der Waals surface area contributed by atoms with Gasteiger partial charge in [-0.15, -0.1) is 0 Å². The Labute approximate surface area is 150 Å². The van der Waals surface area contributed by atoms with Crippen LogP contribution in [0.2, 0.25) is 0 Å². The highest BCUT2D eigenvalue weighted by atomic mass is 16.5. The Hall–Kier alpha value is -2.04. The molecular weight excluding hydrogens is 316 g/mol. The first-order chi connectivity index (χ1) is 11.7. The van der Waals surface area contributed by atoms with Crippen LogP contribution in [0.15, 0.2) is 18.2 Å². The number of benzene rings is 1. The van der Waals surface area contributed by atoms with Crippen LogP contribution >= 0.6 is 0 Å². The molecule has 0 unspecified atom stereocenters. The average molecular weight is 346 g/mol. The molecule has 0 saturated carbocycles. The number of likely N-dealkylation sites (tertiary alicyclic amines) is 1. The summed E-state index contributed by atoms with van der Waals surface area (Å²) in [6, 6.07) is 5.78. The standard InChI is InChI=1S/C20H30N2O3/c1-6-25-17-13-14(2)7-8-16(17)21-18(23)15-9-11-22(12-10-15)19(24)20(3,4)5/h7-8,13,15H,6,9-12H2,1-5H3,(H,21,23). The molecule has 1 N–H and O–H groups in total. The summed E-state index contributed by atoms with van der Waals surface area (Å²) in [6.45, 7) is 11.6. The zero-order valence-corrected chi connectivity index (χ0v) is 16.0. The van der Waals surface area contributed by atoms with Gasteiger partial charge >= 0.3 is 0 Å². The summed E-state index contributed by atoms with van der Waals surface area (Å²) in [7, 11) is 0. The van der Waals surface area contributed by atoms with E-state index in [0.29, 0.717) is 44.0 Å². The van der Waals surface area contributed by atoms with Gasteiger partial charge in [0.15, 0.2) is 0 Å². The fourth-order valence-corrected chi connectivity index (χ4v) is 3.06. The third-order valence-corrected chi connectivity index (χ3v) is 4.49. The molecular formula is C20H30N2O3. The summed E-state index contributed by atoms with van der Waals surface area (Å²) in [5.74, 6) is 0.798. The maximum Gasteiger partial charge on any atom is 0.227 e. The summed E-state index contributed by atoms with van der Waals surface area (Å²) in [5.41, 5.74) is 1.43. The fraction of sp³-hybridized carbons (Fsp3) is 0.600. The van der Waals surface area contributed by atoms with Gasteiger partial charge < -0.3 is 15.0 Å². The van der Waals surface area contributed by atoms with Crippen molar-refractivity contribution in [2.75, 3.05) is 25.0 Å². The highest BCUT2D eigenvalue weighted by Crippen LogP contribution is 2.28. The van der Waals surface area contributed by atoms with Crippen LogP contribution in [0.4, 0.5) is 5.69 Å². The number of rotatable bonds is 4. The zero-order valence-electron chi connectivity index (χ0n) is 16.0. The predicted octanol–water partition coefficient (Wildman–Crippen LogP) is 3.62. The minimum Gasteiger partial charge on any atom is -0.492 e. The number of carbonyl (C=O) groups excluding carboxylic acids is 2. The summed E-state index contributed by atoms with van der Waals surface area (Å²) in [4.78, 5) is 26.8. The maximum atomic E-state index is 12.6. The number of ether oxygens (including phenoxy) is 1. The Morgan fingerprint density at radius 3 is 2.44 bits per heavy atom. The molecule has 2 amide bonds. The Balaban J connectivity index is 1.96. The van der Waals surface area contributed by atoms with Gasteiger partial charge in [0.05, 0.1) is 12.3 Å². The van der Waals surface area contributed by atoms with Crippen molar-refractivity contribution in [3.63, 3.8) is 0 Å². The second kappa shape index (κ2) is 7.89. The van der Waals surface area contributed by atoms with Gasteiger partial charge in [-0.1, -0.05) is 26.8 Å². The molecule has 138 valence electrons. The van der Waals surface area contributed by atoms with E-state index >= 15 is 0 Å². The fourth-order valence-electron chi connectivity index (χ4n) is 3.06. The first kappa shape index (κ1) is 19.3. The third-order valence-electron chi connectivity index (χ3n) is 4.49. The van der Waals surface area contributed by atoms with Crippen LogP contribution in [0.3, 0.4) is 0 Å². The Morgan fingerprint density at radius 1 is 1.24 bits per heavy atom. The minimum absolute atomic E-state index is 0.00710. The quantitative estimate of drug-likeness (QED) is 0.906. The van der Waals surface area contributed by atoms with Crippen LogP contribution in [0, 0.1) is 18.3 Å². The summed E-state index contributed by atoms with van der Waals surface area (Å²) < 4.78 is 5.62. The van der Waals surface area contributed by atoms with Gasteiger partial charge in [-0.25, -0.2) is 0 Å². The van der Waals surface area contributed by atoms with E-state index in [2.05, 4.69) is 5.32 Å². The monoisotopic (exact) mass is 346 g/mol. The number of carbonyl (C=O) groups is 2. The van der Waals surface area contributed by atoms with E-state index in [1.807, 2.05) is 57.7 Å². The molecule has 0 bridgehead atoms. The lowest BCUT2D eigenvalue weighted by atomic mass is 9.90. The SMILES string of the molecule is CCOc1cc(C)ccc1NC(=O)C1CCN(C(=O)C(C)(C)C)CC1. The number of anilines is 1. The van der Waals surface area contributed by atoms with E-state index in [1.165, 1.54) is 0 Å². The highest BCUT2D eigenvalue weighted by Gasteiger charge is 2.32. The molecule has 0 aliphatic carbocycles. The Bertz CT molecular complexity index is 626. The number of aryl methyl sites for hydroxylation is 1.